The quantitative estimate of drug-likeness (QED) is 0.594. The molecular weight excluding hydrogens is 378 g/mol. The number of aliphatic carboxylic acids is 1. The van der Waals surface area contributed by atoms with Gasteiger partial charge in [-0.2, -0.15) is 0 Å². The Morgan fingerprint density at radius 3 is 2.69 bits per heavy atom. The van der Waals surface area contributed by atoms with Crippen LogP contribution < -0.4 is 0 Å². The molecule has 0 spiro atoms. The van der Waals surface area contributed by atoms with Crippen molar-refractivity contribution in [1.29, 1.82) is 0 Å². The van der Waals surface area contributed by atoms with Gasteiger partial charge in [0.05, 0.1) is 10.5 Å². The van der Waals surface area contributed by atoms with Crippen LogP contribution in [-0.2, 0) is 9.59 Å². The van der Waals surface area contributed by atoms with Crippen molar-refractivity contribution in [3.63, 3.8) is 0 Å². The van der Waals surface area contributed by atoms with Gasteiger partial charge in [-0.05, 0) is 24.3 Å². The second-order valence-corrected chi connectivity index (χ2v) is 6.93. The zero-order valence-electron chi connectivity index (χ0n) is 13.0. The lowest BCUT2D eigenvalue weighted by Gasteiger charge is -2.09. The first-order valence-corrected chi connectivity index (χ1v) is 8.48. The van der Waals surface area contributed by atoms with E-state index < -0.39 is 24.4 Å². The summed E-state index contributed by atoms with van der Waals surface area (Å²) >= 11 is 6.03. The fourth-order valence-corrected chi connectivity index (χ4v) is 3.53. The predicted molar refractivity (Wildman–Crippen MR) is 98.6 cm³/mol. The molecule has 1 aliphatic heterocycles. The van der Waals surface area contributed by atoms with E-state index >= 15 is 0 Å². The minimum Gasteiger partial charge on any atom is -0.480 e. The molecule has 1 fully saturated rings. The van der Waals surface area contributed by atoms with Crippen molar-refractivity contribution in [2.24, 2.45) is 0 Å². The van der Waals surface area contributed by atoms with Crippen molar-refractivity contribution in [2.75, 3.05) is 6.54 Å². The zero-order chi connectivity index (χ0) is 18.8. The van der Waals surface area contributed by atoms with Crippen LogP contribution in [0.4, 0.5) is 0 Å². The summed E-state index contributed by atoms with van der Waals surface area (Å²) in [6.45, 7) is -0.493. The third kappa shape index (κ3) is 3.68. The Hall–Kier alpha value is -2.91. The first kappa shape index (κ1) is 17.9. The molecule has 26 heavy (non-hydrogen) atoms. The lowest BCUT2D eigenvalue weighted by Crippen LogP contribution is -2.33. The van der Waals surface area contributed by atoms with Gasteiger partial charge in [-0.3, -0.25) is 14.5 Å². The molecular formula is C17H11NO6S2. The largest absolute Gasteiger partial charge is 0.480 e. The van der Waals surface area contributed by atoms with E-state index in [2.05, 4.69) is 0 Å². The molecule has 2 N–H and O–H groups in total. The summed E-state index contributed by atoms with van der Waals surface area (Å²) in [5.74, 6) is -1.87. The van der Waals surface area contributed by atoms with Gasteiger partial charge in [0, 0.05) is 11.6 Å². The molecule has 1 aromatic heterocycles. The van der Waals surface area contributed by atoms with Crippen LogP contribution in [0.5, 0.6) is 0 Å². The molecule has 0 aliphatic carbocycles. The average molecular weight is 389 g/mol. The fourth-order valence-electron chi connectivity index (χ4n) is 2.29. The van der Waals surface area contributed by atoms with Gasteiger partial charge in [0.1, 0.15) is 22.4 Å². The molecule has 0 bridgehead atoms. The molecule has 3 rings (SSSR count). The maximum Gasteiger partial charge on any atom is 0.335 e. The molecule has 0 unspecified atom stereocenters. The van der Waals surface area contributed by atoms with E-state index in [-0.39, 0.29) is 14.8 Å². The lowest BCUT2D eigenvalue weighted by molar-refractivity contribution is -0.140. The number of carboxylic acid groups (broad SMARTS) is 2. The minimum atomic E-state index is -1.15. The SMILES string of the molecule is O=C(O)CN1C(=O)/C(=C/c2ccc(-c3cccc(C(=O)O)c3)o2)SC1=S. The van der Waals surface area contributed by atoms with Crippen LogP contribution in [0.3, 0.4) is 0 Å². The summed E-state index contributed by atoms with van der Waals surface area (Å²) in [7, 11) is 0. The number of hydrogen-bond acceptors (Lipinski definition) is 6. The second kappa shape index (κ2) is 7.14. The smallest absolute Gasteiger partial charge is 0.335 e. The van der Waals surface area contributed by atoms with Crippen molar-refractivity contribution in [1.82, 2.24) is 4.90 Å². The highest BCUT2D eigenvalue weighted by Gasteiger charge is 2.33. The molecule has 2 aromatic rings. The van der Waals surface area contributed by atoms with E-state index in [1.807, 2.05) is 0 Å². The fraction of sp³-hybridized carbons (Fsp3) is 0.0588. The summed E-state index contributed by atoms with van der Waals surface area (Å²) in [6.07, 6.45) is 1.48. The predicted octanol–water partition coefficient (Wildman–Crippen LogP) is 2.93. The number of aromatic carboxylic acids is 1. The third-order valence-corrected chi connectivity index (χ3v) is 4.84. The molecule has 0 saturated carbocycles. The maximum absolute atomic E-state index is 12.2. The molecule has 0 atom stereocenters. The van der Waals surface area contributed by atoms with Crippen molar-refractivity contribution in [3.05, 3.63) is 52.6 Å². The Morgan fingerprint density at radius 2 is 2.00 bits per heavy atom. The van der Waals surface area contributed by atoms with Crippen LogP contribution in [0.1, 0.15) is 16.1 Å². The van der Waals surface area contributed by atoms with Gasteiger partial charge in [0.15, 0.2) is 0 Å². The number of amides is 1. The summed E-state index contributed by atoms with van der Waals surface area (Å²) in [5.41, 5.74) is 0.720. The highest BCUT2D eigenvalue weighted by Crippen LogP contribution is 2.33. The van der Waals surface area contributed by atoms with Crippen LogP contribution >= 0.6 is 24.0 Å². The number of carboxylic acids is 2. The van der Waals surface area contributed by atoms with Crippen LogP contribution in [0, 0.1) is 0 Å². The van der Waals surface area contributed by atoms with Gasteiger partial charge in [-0.25, -0.2) is 4.79 Å². The first-order valence-electron chi connectivity index (χ1n) is 7.26. The second-order valence-electron chi connectivity index (χ2n) is 5.25. The summed E-state index contributed by atoms with van der Waals surface area (Å²) in [6, 6.07) is 9.57. The molecule has 1 aromatic carbocycles. The number of thiocarbonyl (C=S) groups is 1. The lowest BCUT2D eigenvalue weighted by atomic mass is 10.1. The third-order valence-electron chi connectivity index (χ3n) is 3.46. The van der Waals surface area contributed by atoms with Crippen LogP contribution in [0.15, 0.2) is 45.7 Å². The van der Waals surface area contributed by atoms with Crippen molar-refractivity contribution in [2.45, 2.75) is 0 Å². The normalized spacial score (nSPS) is 15.7. The Kier molecular flexibility index (Phi) is 4.92. The molecule has 132 valence electrons. The van der Waals surface area contributed by atoms with Gasteiger partial charge in [-0.15, -0.1) is 0 Å². The van der Waals surface area contributed by atoms with E-state index in [9.17, 15) is 14.4 Å². The van der Waals surface area contributed by atoms with Gasteiger partial charge in [0.2, 0.25) is 0 Å². The summed E-state index contributed by atoms with van der Waals surface area (Å²) < 4.78 is 5.82. The van der Waals surface area contributed by atoms with E-state index in [1.165, 1.54) is 18.2 Å². The minimum absolute atomic E-state index is 0.134. The van der Waals surface area contributed by atoms with Crippen LogP contribution in [-0.4, -0.2) is 43.8 Å². The molecule has 1 saturated heterocycles. The van der Waals surface area contributed by atoms with E-state index in [1.54, 1.807) is 24.3 Å². The van der Waals surface area contributed by atoms with Crippen LogP contribution in [0.2, 0.25) is 0 Å². The molecule has 7 nitrogen and oxygen atoms in total. The number of hydrogen-bond donors (Lipinski definition) is 2. The van der Waals surface area contributed by atoms with Crippen molar-refractivity contribution < 1.29 is 29.0 Å². The number of carbonyl (C=O) groups is 3. The Labute approximate surface area is 156 Å². The van der Waals surface area contributed by atoms with Gasteiger partial charge in [0.25, 0.3) is 5.91 Å². The molecule has 2 heterocycles. The van der Waals surface area contributed by atoms with E-state index in [4.69, 9.17) is 26.8 Å². The number of benzene rings is 1. The molecule has 1 aliphatic rings. The Balaban J connectivity index is 1.85. The Morgan fingerprint density at radius 1 is 1.23 bits per heavy atom. The summed E-state index contributed by atoms with van der Waals surface area (Å²) in [5, 5.41) is 17.9. The average Bonchev–Trinajstić information content (AvgIpc) is 3.15. The van der Waals surface area contributed by atoms with Crippen molar-refractivity contribution >= 4 is 52.2 Å². The monoisotopic (exact) mass is 389 g/mol. The van der Waals surface area contributed by atoms with Gasteiger partial charge >= 0.3 is 11.9 Å². The Bertz CT molecular complexity index is 962. The van der Waals surface area contributed by atoms with E-state index in [0.29, 0.717) is 17.1 Å². The molecule has 9 heteroatoms. The van der Waals surface area contributed by atoms with Gasteiger partial charge < -0.3 is 14.6 Å². The topological polar surface area (TPSA) is 108 Å². The summed E-state index contributed by atoms with van der Waals surface area (Å²) in [4.78, 5) is 35.4. The van der Waals surface area contributed by atoms with E-state index in [0.717, 1.165) is 16.7 Å². The number of furan rings is 1. The number of rotatable bonds is 5. The molecule has 0 radical (unpaired) electrons. The van der Waals surface area contributed by atoms with Crippen molar-refractivity contribution in [3.8, 4) is 11.3 Å². The number of nitrogens with zero attached hydrogens (tertiary/aromatic N) is 1. The maximum atomic E-state index is 12.2. The highest BCUT2D eigenvalue weighted by atomic mass is 32.2. The van der Waals surface area contributed by atoms with Crippen LogP contribution in [0.25, 0.3) is 17.4 Å². The highest BCUT2D eigenvalue weighted by molar-refractivity contribution is 8.26. The van der Waals surface area contributed by atoms with Gasteiger partial charge in [-0.1, -0.05) is 36.1 Å². The number of carbonyl (C=O) groups excluding carboxylic acids is 1. The first-order chi connectivity index (χ1) is 12.3. The zero-order valence-corrected chi connectivity index (χ0v) is 14.7. The standard InChI is InChI=1S/C17H11NO6S2/c19-14(20)8-18-15(21)13(26-17(18)25)7-11-4-5-12(24-11)9-2-1-3-10(6-9)16(22)23/h1-7H,8H2,(H,19,20)(H,22,23)/b13-7-. The number of thioether (sulfide) groups is 1. The molecule has 1 amide bonds.